The summed E-state index contributed by atoms with van der Waals surface area (Å²) in [5, 5.41) is 0. The molecule has 2 fully saturated rings. The van der Waals surface area contributed by atoms with Crippen molar-refractivity contribution in [2.24, 2.45) is 0 Å². The maximum atomic E-state index is 12.2. The Bertz CT molecular complexity index is 1680. The molecule has 12 nitrogen and oxygen atoms in total. The number of nitrogens with zero attached hydrogens (tertiary/aromatic N) is 2. The van der Waals surface area contributed by atoms with Crippen LogP contribution in [-0.2, 0) is 48.6 Å². The van der Waals surface area contributed by atoms with E-state index in [9.17, 15) is 14.4 Å². The number of halogens is 1. The molecule has 2 saturated heterocycles. The van der Waals surface area contributed by atoms with E-state index in [1.807, 2.05) is 52.9 Å². The van der Waals surface area contributed by atoms with Gasteiger partial charge in [0.05, 0.1) is 16.7 Å². The molecule has 2 aromatic carbocycles. The highest BCUT2D eigenvalue weighted by Crippen LogP contribution is 2.47. The average Bonchev–Trinajstić information content (AvgIpc) is 3.58. The van der Waals surface area contributed by atoms with Crippen molar-refractivity contribution in [2.45, 2.75) is 64.2 Å². The summed E-state index contributed by atoms with van der Waals surface area (Å²) in [6.45, 7) is 5.18. The zero-order valence-electron chi connectivity index (χ0n) is 23.2. The van der Waals surface area contributed by atoms with Crippen molar-refractivity contribution >= 4 is 50.6 Å². The van der Waals surface area contributed by atoms with E-state index < -0.39 is 54.4 Å². The molecule has 220 valence electrons. The van der Waals surface area contributed by atoms with Gasteiger partial charge in [0.25, 0.3) is 0 Å². The number of aromatic nitrogens is 3. The zero-order valence-corrected chi connectivity index (χ0v) is 24.7. The van der Waals surface area contributed by atoms with Gasteiger partial charge in [0, 0.05) is 30.8 Å². The molecule has 2 aliphatic heterocycles. The van der Waals surface area contributed by atoms with Gasteiger partial charge in [-0.05, 0) is 31.2 Å². The highest BCUT2D eigenvalue weighted by atomic mass is 79.9. The monoisotopic (exact) mass is 641 g/mol. The quantitative estimate of drug-likeness (QED) is 0.243. The van der Waals surface area contributed by atoms with Gasteiger partial charge in [0.1, 0.15) is 18.4 Å². The second-order valence-corrected chi connectivity index (χ2v) is 11.2. The molecule has 0 amide bonds. The molecule has 0 spiro atoms. The van der Waals surface area contributed by atoms with Crippen LogP contribution in [0.15, 0.2) is 53.0 Å². The second-order valence-electron chi connectivity index (χ2n) is 10.3. The van der Waals surface area contributed by atoms with E-state index in [0.29, 0.717) is 17.2 Å². The average molecular weight is 642 g/mol. The first-order chi connectivity index (χ1) is 20.0. The first-order valence-corrected chi connectivity index (χ1v) is 14.1. The predicted molar refractivity (Wildman–Crippen MR) is 150 cm³/mol. The SMILES string of the molecule is CC(=O)OC[C@H]1O[C@@H]2O[C@@](C)(c3c(-c4ccc(Br)cc4)nc4[nH]c5ccccc5n34)O[C@@H]2[C@@H](OC(C)=O)[C@@H]1OC(C)=O. The van der Waals surface area contributed by atoms with E-state index in [0.717, 1.165) is 21.1 Å². The number of benzene rings is 2. The third-order valence-corrected chi connectivity index (χ3v) is 7.69. The van der Waals surface area contributed by atoms with Crippen molar-refractivity contribution in [2.75, 3.05) is 6.61 Å². The molecule has 6 atom stereocenters. The maximum absolute atomic E-state index is 12.2. The topological polar surface area (TPSA) is 140 Å². The van der Waals surface area contributed by atoms with Crippen LogP contribution in [0.4, 0.5) is 0 Å². The predicted octanol–water partition coefficient (Wildman–Crippen LogP) is 3.98. The summed E-state index contributed by atoms with van der Waals surface area (Å²) >= 11 is 3.48. The van der Waals surface area contributed by atoms with Crippen LogP contribution in [0.5, 0.6) is 0 Å². The summed E-state index contributed by atoms with van der Waals surface area (Å²) < 4.78 is 38.5. The highest BCUT2D eigenvalue weighted by molar-refractivity contribution is 9.10. The fourth-order valence-corrected chi connectivity index (χ4v) is 5.84. The van der Waals surface area contributed by atoms with E-state index in [1.165, 1.54) is 20.8 Å². The molecular weight excluding hydrogens is 614 g/mol. The van der Waals surface area contributed by atoms with Gasteiger partial charge in [0.2, 0.25) is 11.6 Å². The Morgan fingerprint density at radius 3 is 2.36 bits per heavy atom. The lowest BCUT2D eigenvalue weighted by Gasteiger charge is -2.40. The van der Waals surface area contributed by atoms with Gasteiger partial charge in [-0.25, -0.2) is 4.98 Å². The fraction of sp³-hybridized carbons (Fsp3) is 0.379. The van der Waals surface area contributed by atoms with Crippen LogP contribution in [0, 0.1) is 0 Å². The molecule has 0 radical (unpaired) electrons. The summed E-state index contributed by atoms with van der Waals surface area (Å²) in [5.41, 5.74) is 3.66. The summed E-state index contributed by atoms with van der Waals surface area (Å²) in [7, 11) is 0. The Morgan fingerprint density at radius 2 is 1.67 bits per heavy atom. The number of aromatic amines is 1. The molecule has 0 aliphatic carbocycles. The normalized spacial score (nSPS) is 27.1. The van der Waals surface area contributed by atoms with Gasteiger partial charge < -0.3 is 33.4 Å². The Morgan fingerprint density at radius 1 is 0.976 bits per heavy atom. The van der Waals surface area contributed by atoms with E-state index >= 15 is 0 Å². The molecule has 4 heterocycles. The third-order valence-electron chi connectivity index (χ3n) is 7.16. The van der Waals surface area contributed by atoms with Crippen molar-refractivity contribution in [3.8, 4) is 11.3 Å². The first kappa shape index (κ1) is 28.3. The molecule has 4 aromatic rings. The number of esters is 3. The number of para-hydroxylation sites is 2. The number of ether oxygens (including phenoxy) is 6. The maximum Gasteiger partial charge on any atom is 0.303 e. The van der Waals surface area contributed by atoms with E-state index in [2.05, 4.69) is 20.9 Å². The van der Waals surface area contributed by atoms with Crippen molar-refractivity contribution < 1.29 is 42.8 Å². The summed E-state index contributed by atoms with van der Waals surface area (Å²) in [6, 6.07) is 15.4. The van der Waals surface area contributed by atoms with Crippen molar-refractivity contribution in [1.29, 1.82) is 0 Å². The number of carbonyl (C=O) groups excluding carboxylic acids is 3. The number of H-pyrrole nitrogens is 1. The van der Waals surface area contributed by atoms with E-state index in [4.69, 9.17) is 33.4 Å². The smallest absolute Gasteiger partial charge is 0.303 e. The number of nitrogens with one attached hydrogen (secondary N) is 1. The Balaban J connectivity index is 1.48. The fourth-order valence-electron chi connectivity index (χ4n) is 5.57. The molecule has 13 heteroatoms. The lowest BCUT2D eigenvalue weighted by atomic mass is 9.98. The number of imidazole rings is 2. The number of hydrogen-bond donors (Lipinski definition) is 1. The van der Waals surface area contributed by atoms with Crippen molar-refractivity contribution in [3.05, 3.63) is 58.7 Å². The molecule has 0 unspecified atom stereocenters. The van der Waals surface area contributed by atoms with Crippen molar-refractivity contribution in [3.63, 3.8) is 0 Å². The summed E-state index contributed by atoms with van der Waals surface area (Å²) in [6.07, 6.45) is -5.36. The van der Waals surface area contributed by atoms with Gasteiger partial charge in [-0.1, -0.05) is 40.2 Å². The minimum Gasteiger partial charge on any atom is -0.463 e. The number of fused-ring (bicyclic) bond motifs is 4. The molecule has 2 aromatic heterocycles. The minimum atomic E-state index is -1.49. The lowest BCUT2D eigenvalue weighted by Crippen LogP contribution is -2.60. The largest absolute Gasteiger partial charge is 0.463 e. The molecule has 42 heavy (non-hydrogen) atoms. The molecule has 1 N–H and O–H groups in total. The van der Waals surface area contributed by atoms with Gasteiger partial charge in [-0.15, -0.1) is 0 Å². The second kappa shape index (κ2) is 10.8. The highest BCUT2D eigenvalue weighted by Gasteiger charge is 2.60. The molecule has 6 rings (SSSR count). The van der Waals surface area contributed by atoms with Crippen LogP contribution < -0.4 is 0 Å². The van der Waals surface area contributed by atoms with Gasteiger partial charge in [-0.2, -0.15) is 0 Å². The number of hydrogen-bond acceptors (Lipinski definition) is 10. The third kappa shape index (κ3) is 5.06. The Kier molecular flexibility index (Phi) is 7.29. The van der Waals surface area contributed by atoms with E-state index in [-0.39, 0.29) is 6.61 Å². The van der Waals surface area contributed by atoms with E-state index in [1.54, 1.807) is 6.92 Å². The summed E-state index contributed by atoms with van der Waals surface area (Å²) in [4.78, 5) is 44.2. The standard InChI is InChI=1S/C29H28BrN3O9/c1-14(34)37-13-21-23(38-15(2)35)24(39-16(3)36)25-27(40-21)42-29(4,41-25)26-22(17-9-11-18(30)12-10-17)32-28-31-19-7-5-6-8-20(19)33(26)28/h5-12,21,23-25,27H,13H2,1-4H3,(H,31,32)/t21-,23-,24+,25-,27-,29+/m1/s1. The Labute approximate surface area is 248 Å². The molecule has 0 saturated carbocycles. The summed E-state index contributed by atoms with van der Waals surface area (Å²) in [5.74, 6) is -2.74. The number of rotatable bonds is 6. The van der Waals surface area contributed by atoms with Gasteiger partial charge >= 0.3 is 17.9 Å². The molecule has 0 bridgehead atoms. The van der Waals surface area contributed by atoms with Gasteiger partial charge in [0.15, 0.2) is 24.6 Å². The number of carbonyl (C=O) groups is 3. The zero-order chi connectivity index (χ0) is 29.8. The minimum absolute atomic E-state index is 0.266. The lowest BCUT2D eigenvalue weighted by molar-refractivity contribution is -0.268. The van der Waals surface area contributed by atoms with Crippen LogP contribution in [0.3, 0.4) is 0 Å². The molecular formula is C29H28BrN3O9. The Hall–Kier alpha value is -3.78. The molecule has 2 aliphatic rings. The van der Waals surface area contributed by atoms with Crippen LogP contribution >= 0.6 is 15.9 Å². The van der Waals surface area contributed by atoms with Crippen LogP contribution in [0.25, 0.3) is 28.1 Å². The van der Waals surface area contributed by atoms with Crippen LogP contribution in [0.1, 0.15) is 33.4 Å². The van der Waals surface area contributed by atoms with Crippen molar-refractivity contribution in [1.82, 2.24) is 14.4 Å². The first-order valence-electron chi connectivity index (χ1n) is 13.3. The van der Waals surface area contributed by atoms with Crippen LogP contribution in [-0.4, -0.2) is 69.6 Å². The van der Waals surface area contributed by atoms with Crippen LogP contribution in [0.2, 0.25) is 0 Å². The van der Waals surface area contributed by atoms with Gasteiger partial charge in [-0.3, -0.25) is 18.8 Å².